The number of halogens is 1. The van der Waals surface area contributed by atoms with Gasteiger partial charge in [0.1, 0.15) is 11.5 Å². The molecule has 0 unspecified atom stereocenters. The molecule has 0 saturated carbocycles. The van der Waals surface area contributed by atoms with Gasteiger partial charge in [0.25, 0.3) is 0 Å². The molecule has 2 aromatic rings. The Hall–Kier alpha value is -2.63. The van der Waals surface area contributed by atoms with Gasteiger partial charge >= 0.3 is 5.69 Å². The van der Waals surface area contributed by atoms with Crippen LogP contribution in [0, 0.1) is 15.9 Å². The molecule has 0 fully saturated rings. The molecule has 92 valence electrons. The molecule has 18 heavy (non-hydrogen) atoms. The molecule has 0 atom stereocenters. The molecule has 2 rings (SSSR count). The topological polar surface area (TPSA) is 72.6 Å². The molecule has 2 aromatic carbocycles. The van der Waals surface area contributed by atoms with Crippen molar-refractivity contribution in [1.82, 2.24) is 0 Å². The van der Waals surface area contributed by atoms with Crippen LogP contribution in [0.3, 0.4) is 0 Å². The number of nitro groups is 1. The average molecular weight is 249 g/mol. The normalized spacial score (nSPS) is 10.1. The molecule has 0 aliphatic carbocycles. The number of nitro benzene ring substituents is 1. The first-order valence-corrected chi connectivity index (χ1v) is 4.97. The summed E-state index contributed by atoms with van der Waals surface area (Å²) in [7, 11) is 0. The number of hydrogen-bond donors (Lipinski definition) is 1. The predicted octanol–water partition coefficient (Wildman–Crippen LogP) is 3.23. The first-order chi connectivity index (χ1) is 8.58. The summed E-state index contributed by atoms with van der Waals surface area (Å²) in [6.07, 6.45) is 0. The van der Waals surface area contributed by atoms with Crippen LogP contribution < -0.4 is 4.74 Å². The molecule has 0 aliphatic rings. The highest BCUT2D eigenvalue weighted by molar-refractivity contribution is 5.49. The number of para-hydroxylation sites is 1. The highest BCUT2D eigenvalue weighted by Crippen LogP contribution is 2.34. The summed E-state index contributed by atoms with van der Waals surface area (Å²) >= 11 is 0. The summed E-state index contributed by atoms with van der Waals surface area (Å²) in [5.41, 5.74) is -0.455. The number of rotatable bonds is 3. The van der Waals surface area contributed by atoms with E-state index >= 15 is 0 Å². The molecule has 5 nitrogen and oxygen atoms in total. The van der Waals surface area contributed by atoms with Gasteiger partial charge in [-0.15, -0.1) is 0 Å². The lowest BCUT2D eigenvalue weighted by Gasteiger charge is -2.07. The maximum absolute atomic E-state index is 13.5. The van der Waals surface area contributed by atoms with Gasteiger partial charge in [0.15, 0.2) is 5.82 Å². The van der Waals surface area contributed by atoms with E-state index in [-0.39, 0.29) is 11.5 Å². The third-order valence-electron chi connectivity index (χ3n) is 2.20. The van der Waals surface area contributed by atoms with E-state index in [1.54, 1.807) is 0 Å². The fourth-order valence-corrected chi connectivity index (χ4v) is 1.37. The van der Waals surface area contributed by atoms with E-state index in [9.17, 15) is 14.5 Å². The molecule has 0 saturated heterocycles. The standard InChI is InChI=1S/C12H8FNO4/c13-10-2-1-3-11(14(16)17)12(10)18-9-6-4-8(15)5-7-9/h1-7,15H. The molecule has 0 amide bonds. The van der Waals surface area contributed by atoms with Crippen LogP contribution in [-0.2, 0) is 0 Å². The number of hydrogen-bond acceptors (Lipinski definition) is 4. The van der Waals surface area contributed by atoms with E-state index in [0.29, 0.717) is 0 Å². The minimum Gasteiger partial charge on any atom is -0.508 e. The molecule has 0 bridgehead atoms. The predicted molar refractivity (Wildman–Crippen MR) is 61.2 cm³/mol. The molecule has 0 heterocycles. The molecule has 6 heteroatoms. The Kier molecular flexibility index (Phi) is 3.09. The van der Waals surface area contributed by atoms with Crippen molar-refractivity contribution >= 4 is 5.69 Å². The van der Waals surface area contributed by atoms with Crippen molar-refractivity contribution < 1.29 is 19.2 Å². The van der Waals surface area contributed by atoms with Crippen LogP contribution in [0.5, 0.6) is 17.2 Å². The SMILES string of the molecule is O=[N+]([O-])c1cccc(F)c1Oc1ccc(O)cc1. The Morgan fingerprint density at radius 1 is 1.17 bits per heavy atom. The van der Waals surface area contributed by atoms with Gasteiger partial charge < -0.3 is 9.84 Å². The fourth-order valence-electron chi connectivity index (χ4n) is 1.37. The van der Waals surface area contributed by atoms with Crippen LogP contribution in [0.15, 0.2) is 42.5 Å². The van der Waals surface area contributed by atoms with Gasteiger partial charge in [-0.25, -0.2) is 4.39 Å². The largest absolute Gasteiger partial charge is 0.508 e. The minimum absolute atomic E-state index is 0.0189. The monoisotopic (exact) mass is 249 g/mol. The zero-order valence-electron chi connectivity index (χ0n) is 9.04. The highest BCUT2D eigenvalue weighted by Gasteiger charge is 2.19. The van der Waals surface area contributed by atoms with Crippen molar-refractivity contribution in [3.05, 3.63) is 58.4 Å². The Labute approximate surface area is 101 Å². The van der Waals surface area contributed by atoms with Gasteiger partial charge in [-0.2, -0.15) is 0 Å². The van der Waals surface area contributed by atoms with Crippen molar-refractivity contribution in [1.29, 1.82) is 0 Å². The lowest BCUT2D eigenvalue weighted by Crippen LogP contribution is -1.95. The van der Waals surface area contributed by atoms with Crippen LogP contribution in [0.25, 0.3) is 0 Å². The van der Waals surface area contributed by atoms with Crippen molar-refractivity contribution in [3.63, 3.8) is 0 Å². The summed E-state index contributed by atoms with van der Waals surface area (Å²) in [6.45, 7) is 0. The van der Waals surface area contributed by atoms with E-state index < -0.39 is 22.2 Å². The Bertz CT molecular complexity index is 583. The van der Waals surface area contributed by atoms with Crippen LogP contribution >= 0.6 is 0 Å². The highest BCUT2D eigenvalue weighted by atomic mass is 19.1. The maximum atomic E-state index is 13.5. The quantitative estimate of drug-likeness (QED) is 0.669. The number of benzene rings is 2. The summed E-state index contributed by atoms with van der Waals surface area (Å²) in [5.74, 6) is -1.06. The second-order valence-corrected chi connectivity index (χ2v) is 3.44. The molecule has 0 spiro atoms. The van der Waals surface area contributed by atoms with Crippen LogP contribution in [0.2, 0.25) is 0 Å². The molecule has 0 aliphatic heterocycles. The third kappa shape index (κ3) is 2.37. The fraction of sp³-hybridized carbons (Fsp3) is 0. The van der Waals surface area contributed by atoms with E-state index in [1.807, 2.05) is 0 Å². The maximum Gasteiger partial charge on any atom is 0.314 e. The number of phenols is 1. The molecule has 0 radical (unpaired) electrons. The smallest absolute Gasteiger partial charge is 0.314 e. The van der Waals surface area contributed by atoms with Crippen LogP contribution in [-0.4, -0.2) is 10.0 Å². The molecule has 1 N–H and O–H groups in total. The molecular formula is C12H8FNO4. The average Bonchev–Trinajstić information content (AvgIpc) is 2.34. The van der Waals surface area contributed by atoms with Gasteiger partial charge in [-0.3, -0.25) is 10.1 Å². The zero-order chi connectivity index (χ0) is 13.1. The van der Waals surface area contributed by atoms with E-state index in [0.717, 1.165) is 12.1 Å². The van der Waals surface area contributed by atoms with Crippen LogP contribution in [0.1, 0.15) is 0 Å². The Morgan fingerprint density at radius 2 is 1.83 bits per heavy atom. The second-order valence-electron chi connectivity index (χ2n) is 3.44. The third-order valence-corrected chi connectivity index (χ3v) is 2.20. The Balaban J connectivity index is 2.39. The summed E-state index contributed by atoms with van der Waals surface area (Å²) < 4.78 is 18.6. The lowest BCUT2D eigenvalue weighted by molar-refractivity contribution is -0.385. The summed E-state index contributed by atoms with van der Waals surface area (Å²) in [4.78, 5) is 10.0. The van der Waals surface area contributed by atoms with E-state index in [1.165, 1.54) is 30.3 Å². The van der Waals surface area contributed by atoms with Crippen molar-refractivity contribution in [2.45, 2.75) is 0 Å². The van der Waals surface area contributed by atoms with E-state index in [2.05, 4.69) is 0 Å². The Morgan fingerprint density at radius 3 is 2.44 bits per heavy atom. The lowest BCUT2D eigenvalue weighted by atomic mass is 10.2. The number of aromatic hydroxyl groups is 1. The second kappa shape index (κ2) is 4.70. The van der Waals surface area contributed by atoms with Gasteiger partial charge in [-0.1, -0.05) is 6.07 Å². The summed E-state index contributed by atoms with van der Waals surface area (Å²) in [5, 5.41) is 19.8. The van der Waals surface area contributed by atoms with Gasteiger partial charge in [0.05, 0.1) is 4.92 Å². The first kappa shape index (κ1) is 11.8. The molecular weight excluding hydrogens is 241 g/mol. The molecule has 0 aromatic heterocycles. The first-order valence-electron chi connectivity index (χ1n) is 4.97. The van der Waals surface area contributed by atoms with Crippen molar-refractivity contribution in [2.75, 3.05) is 0 Å². The number of ether oxygens (including phenoxy) is 1. The summed E-state index contributed by atoms with van der Waals surface area (Å²) in [6, 6.07) is 8.89. The number of nitrogens with zero attached hydrogens (tertiary/aromatic N) is 1. The number of phenolic OH excluding ortho intramolecular Hbond substituents is 1. The van der Waals surface area contributed by atoms with Crippen molar-refractivity contribution in [3.8, 4) is 17.2 Å². The van der Waals surface area contributed by atoms with Crippen molar-refractivity contribution in [2.24, 2.45) is 0 Å². The van der Waals surface area contributed by atoms with Gasteiger partial charge in [-0.05, 0) is 30.3 Å². The van der Waals surface area contributed by atoms with Gasteiger partial charge in [0, 0.05) is 6.07 Å². The van der Waals surface area contributed by atoms with E-state index in [4.69, 9.17) is 9.84 Å². The van der Waals surface area contributed by atoms with Gasteiger partial charge in [0.2, 0.25) is 5.75 Å². The van der Waals surface area contributed by atoms with Crippen LogP contribution in [0.4, 0.5) is 10.1 Å². The minimum atomic E-state index is -0.822. The zero-order valence-corrected chi connectivity index (χ0v) is 9.04.